The number of hydrogen-bond acceptors (Lipinski definition) is 3. The van der Waals surface area contributed by atoms with Gasteiger partial charge in [-0.25, -0.2) is 9.78 Å². The van der Waals surface area contributed by atoms with Crippen molar-refractivity contribution >= 4 is 21.9 Å². The van der Waals surface area contributed by atoms with E-state index in [-0.39, 0.29) is 16.5 Å². The van der Waals surface area contributed by atoms with Gasteiger partial charge in [-0.3, -0.25) is 0 Å². The summed E-state index contributed by atoms with van der Waals surface area (Å²) in [5.74, 6) is -0.789. The van der Waals surface area contributed by atoms with Crippen LogP contribution in [-0.4, -0.2) is 16.1 Å². The molecule has 0 bridgehead atoms. The topological polar surface area (TPSA) is 63.3 Å². The highest BCUT2D eigenvalue weighted by Gasteiger charge is 2.26. The van der Waals surface area contributed by atoms with Crippen LogP contribution in [0.2, 0.25) is 0 Å². The van der Waals surface area contributed by atoms with Gasteiger partial charge in [0.05, 0.1) is 5.69 Å². The lowest BCUT2D eigenvalue weighted by Crippen LogP contribution is -2.09. The fraction of sp³-hybridized carbons (Fsp3) is 0.600. The summed E-state index contributed by atoms with van der Waals surface area (Å²) >= 11 is 3.08. The maximum atomic E-state index is 10.9. The van der Waals surface area contributed by atoms with Crippen LogP contribution in [0.5, 0.6) is 0 Å². The Hall–Kier alpha value is -0.840. The fourth-order valence-corrected chi connectivity index (χ4v) is 2.46. The third-order valence-corrected chi connectivity index (χ3v) is 3.15. The summed E-state index contributed by atoms with van der Waals surface area (Å²) in [6, 6.07) is 0. The third-order valence-electron chi connectivity index (χ3n) is 2.81. The van der Waals surface area contributed by atoms with Crippen LogP contribution < -0.4 is 0 Å². The highest BCUT2D eigenvalue weighted by Crippen LogP contribution is 2.34. The number of rotatable bonds is 2. The van der Waals surface area contributed by atoms with E-state index in [9.17, 15) is 4.79 Å². The predicted octanol–water partition coefficient (Wildman–Crippen LogP) is 3.18. The molecule has 1 fully saturated rings. The van der Waals surface area contributed by atoms with Gasteiger partial charge in [0.15, 0.2) is 0 Å². The fourth-order valence-electron chi connectivity index (χ4n) is 2.11. The zero-order valence-corrected chi connectivity index (χ0v) is 9.79. The summed E-state index contributed by atoms with van der Waals surface area (Å²) in [6.45, 7) is 0. The van der Waals surface area contributed by atoms with Gasteiger partial charge in [-0.15, -0.1) is 0 Å². The lowest BCUT2D eigenvalue weighted by Gasteiger charge is -2.19. The van der Waals surface area contributed by atoms with Crippen LogP contribution in [0, 0.1) is 0 Å². The van der Waals surface area contributed by atoms with Crippen molar-refractivity contribution in [2.75, 3.05) is 0 Å². The molecule has 5 heteroatoms. The summed E-state index contributed by atoms with van der Waals surface area (Å²) in [6.07, 6.45) is 5.55. The maximum absolute atomic E-state index is 10.9. The number of aromatic carboxylic acids is 1. The number of nitrogens with zero attached hydrogens (tertiary/aromatic N) is 1. The molecule has 0 unspecified atom stereocenters. The van der Waals surface area contributed by atoms with E-state index in [1.807, 2.05) is 0 Å². The minimum absolute atomic E-state index is 0.00576. The highest BCUT2D eigenvalue weighted by atomic mass is 79.9. The second-order valence-electron chi connectivity index (χ2n) is 3.82. The number of oxazole rings is 1. The summed E-state index contributed by atoms with van der Waals surface area (Å²) in [5.41, 5.74) is 0.606. The molecule has 1 aromatic heterocycles. The van der Waals surface area contributed by atoms with Crippen LogP contribution in [0.3, 0.4) is 0 Å². The molecular weight excluding hydrogens is 262 g/mol. The van der Waals surface area contributed by atoms with Gasteiger partial charge in [-0.05, 0) is 12.8 Å². The van der Waals surface area contributed by atoms with E-state index < -0.39 is 5.97 Å². The van der Waals surface area contributed by atoms with Crippen molar-refractivity contribution in [2.45, 2.75) is 38.0 Å². The molecule has 4 nitrogen and oxygen atoms in total. The number of halogens is 1. The minimum Gasteiger partial charge on any atom is -0.475 e. The molecule has 1 N–H and O–H groups in total. The molecule has 1 saturated carbocycles. The van der Waals surface area contributed by atoms with E-state index in [1.54, 1.807) is 0 Å². The molecule has 82 valence electrons. The predicted molar refractivity (Wildman–Crippen MR) is 57.0 cm³/mol. The summed E-state index contributed by atoms with van der Waals surface area (Å²) in [7, 11) is 0. The van der Waals surface area contributed by atoms with Crippen molar-refractivity contribution in [3.63, 3.8) is 0 Å². The van der Waals surface area contributed by atoms with Gasteiger partial charge in [0.2, 0.25) is 5.76 Å². The zero-order chi connectivity index (χ0) is 10.8. The van der Waals surface area contributed by atoms with E-state index in [0.717, 1.165) is 25.7 Å². The normalized spacial score (nSPS) is 17.9. The largest absolute Gasteiger partial charge is 0.475 e. The first kappa shape index (κ1) is 10.7. The SMILES string of the molecule is O=C(O)c1oc(Br)nc1C1CCCCC1. The summed E-state index contributed by atoms with van der Waals surface area (Å²) in [5, 5.41) is 8.96. The minimum atomic E-state index is -1.03. The standard InChI is InChI=1S/C10H12BrNO3/c11-10-12-7(8(15-10)9(13)14)6-4-2-1-3-5-6/h6H,1-5H2,(H,13,14). The molecular formula is C10H12BrNO3. The first-order chi connectivity index (χ1) is 7.18. The van der Waals surface area contributed by atoms with Crippen molar-refractivity contribution < 1.29 is 14.3 Å². The monoisotopic (exact) mass is 273 g/mol. The Morgan fingerprint density at radius 1 is 1.40 bits per heavy atom. The second-order valence-corrected chi connectivity index (χ2v) is 4.50. The van der Waals surface area contributed by atoms with Crippen LogP contribution >= 0.6 is 15.9 Å². The van der Waals surface area contributed by atoms with Crippen LogP contribution in [0.4, 0.5) is 0 Å². The Kier molecular flexibility index (Phi) is 3.09. The maximum Gasteiger partial charge on any atom is 0.373 e. The van der Waals surface area contributed by atoms with Gasteiger partial charge in [0.1, 0.15) is 0 Å². The van der Waals surface area contributed by atoms with Crippen molar-refractivity contribution in [3.05, 3.63) is 16.3 Å². The average molecular weight is 274 g/mol. The number of aromatic nitrogens is 1. The Bertz CT molecular complexity index is 369. The van der Waals surface area contributed by atoms with E-state index in [2.05, 4.69) is 20.9 Å². The Labute approximate surface area is 95.8 Å². The summed E-state index contributed by atoms with van der Waals surface area (Å²) < 4.78 is 5.04. The lowest BCUT2D eigenvalue weighted by atomic mass is 9.86. The Morgan fingerprint density at radius 2 is 2.07 bits per heavy atom. The number of carbonyl (C=O) groups is 1. The molecule has 0 radical (unpaired) electrons. The van der Waals surface area contributed by atoms with E-state index in [0.29, 0.717) is 5.69 Å². The van der Waals surface area contributed by atoms with E-state index in [4.69, 9.17) is 9.52 Å². The van der Waals surface area contributed by atoms with Crippen LogP contribution in [-0.2, 0) is 0 Å². The van der Waals surface area contributed by atoms with Gasteiger partial charge in [-0.1, -0.05) is 19.3 Å². The average Bonchev–Trinajstić information content (AvgIpc) is 2.62. The molecule has 0 aromatic carbocycles. The summed E-state index contributed by atoms with van der Waals surface area (Å²) in [4.78, 5) is 15.3. The van der Waals surface area contributed by atoms with Gasteiger partial charge < -0.3 is 9.52 Å². The van der Waals surface area contributed by atoms with Crippen LogP contribution in [0.1, 0.15) is 54.3 Å². The van der Waals surface area contributed by atoms with Crippen LogP contribution in [0.25, 0.3) is 0 Å². The van der Waals surface area contributed by atoms with E-state index in [1.165, 1.54) is 6.42 Å². The molecule has 0 saturated heterocycles. The van der Waals surface area contributed by atoms with Crippen molar-refractivity contribution in [1.82, 2.24) is 4.98 Å². The van der Waals surface area contributed by atoms with Gasteiger partial charge in [-0.2, -0.15) is 0 Å². The molecule has 1 heterocycles. The molecule has 1 aliphatic carbocycles. The molecule has 1 aromatic rings. The number of hydrogen-bond donors (Lipinski definition) is 1. The van der Waals surface area contributed by atoms with Gasteiger partial charge in [0, 0.05) is 21.8 Å². The molecule has 0 aliphatic heterocycles. The molecule has 15 heavy (non-hydrogen) atoms. The van der Waals surface area contributed by atoms with Gasteiger partial charge in [0.25, 0.3) is 4.80 Å². The molecule has 2 rings (SSSR count). The first-order valence-corrected chi connectivity index (χ1v) is 5.87. The highest BCUT2D eigenvalue weighted by molar-refractivity contribution is 9.10. The Morgan fingerprint density at radius 3 is 2.67 bits per heavy atom. The zero-order valence-electron chi connectivity index (χ0n) is 8.20. The molecule has 0 amide bonds. The van der Waals surface area contributed by atoms with Gasteiger partial charge >= 0.3 is 5.97 Å². The molecule has 0 spiro atoms. The third kappa shape index (κ3) is 2.22. The van der Waals surface area contributed by atoms with Crippen molar-refractivity contribution in [2.24, 2.45) is 0 Å². The molecule has 0 atom stereocenters. The second kappa shape index (κ2) is 4.35. The smallest absolute Gasteiger partial charge is 0.373 e. The van der Waals surface area contributed by atoms with E-state index >= 15 is 0 Å². The lowest BCUT2D eigenvalue weighted by molar-refractivity contribution is 0.0658. The number of carboxylic acid groups (broad SMARTS) is 1. The molecule has 1 aliphatic rings. The first-order valence-electron chi connectivity index (χ1n) is 5.08. The van der Waals surface area contributed by atoms with Crippen molar-refractivity contribution in [1.29, 1.82) is 0 Å². The van der Waals surface area contributed by atoms with Crippen molar-refractivity contribution in [3.8, 4) is 0 Å². The van der Waals surface area contributed by atoms with Crippen LogP contribution in [0.15, 0.2) is 9.22 Å². The Balaban J connectivity index is 2.28. The quantitative estimate of drug-likeness (QED) is 0.899. The number of carboxylic acids is 1.